The van der Waals surface area contributed by atoms with Crippen molar-refractivity contribution in [2.45, 2.75) is 18.9 Å². The van der Waals surface area contributed by atoms with Crippen LogP contribution in [0.1, 0.15) is 12.8 Å². The Bertz CT molecular complexity index is 443. The molecule has 0 spiro atoms. The average molecular weight is 231 g/mol. The van der Waals surface area contributed by atoms with Crippen LogP contribution >= 0.6 is 0 Å². The van der Waals surface area contributed by atoms with Gasteiger partial charge in [-0.05, 0) is 30.9 Å². The molecular weight excluding hydrogens is 218 g/mol. The van der Waals surface area contributed by atoms with E-state index in [4.69, 9.17) is 9.47 Å². The second-order valence-electron chi connectivity index (χ2n) is 4.47. The molecule has 2 aliphatic carbocycles. The van der Waals surface area contributed by atoms with Gasteiger partial charge in [-0.3, -0.25) is 4.98 Å². The molecule has 1 heterocycles. The van der Waals surface area contributed by atoms with Crippen LogP contribution in [0.4, 0.5) is 4.79 Å². The number of aromatic nitrogens is 1. The van der Waals surface area contributed by atoms with Gasteiger partial charge in [0.1, 0.15) is 11.9 Å². The number of carbonyl (C=O) groups is 1. The predicted molar refractivity (Wildman–Crippen MR) is 60.5 cm³/mol. The van der Waals surface area contributed by atoms with E-state index in [-0.39, 0.29) is 6.10 Å². The van der Waals surface area contributed by atoms with Crippen molar-refractivity contribution >= 4 is 6.16 Å². The second-order valence-corrected chi connectivity index (χ2v) is 4.47. The Morgan fingerprint density at radius 2 is 2.06 bits per heavy atom. The molecule has 2 bridgehead atoms. The fraction of sp³-hybridized carbons (Fsp3) is 0.385. The highest BCUT2D eigenvalue weighted by molar-refractivity contribution is 5.64. The van der Waals surface area contributed by atoms with Crippen molar-refractivity contribution in [3.63, 3.8) is 0 Å². The number of allylic oxidation sites excluding steroid dienone is 1. The summed E-state index contributed by atoms with van der Waals surface area (Å²) in [5.74, 6) is 1.42. The number of carbonyl (C=O) groups excluding carboxylic acids is 1. The fourth-order valence-electron chi connectivity index (χ4n) is 2.52. The van der Waals surface area contributed by atoms with Crippen molar-refractivity contribution in [1.29, 1.82) is 0 Å². The van der Waals surface area contributed by atoms with Crippen molar-refractivity contribution in [3.8, 4) is 5.75 Å². The zero-order valence-electron chi connectivity index (χ0n) is 9.28. The first-order chi connectivity index (χ1) is 8.31. The number of fused-ring (bicyclic) bond motifs is 2. The maximum atomic E-state index is 11.6. The van der Waals surface area contributed by atoms with Gasteiger partial charge in [-0.2, -0.15) is 0 Å². The number of hydrogen-bond donors (Lipinski definition) is 0. The molecule has 4 nitrogen and oxygen atoms in total. The Kier molecular flexibility index (Phi) is 2.55. The Labute approximate surface area is 99.3 Å². The van der Waals surface area contributed by atoms with E-state index in [0.717, 1.165) is 12.8 Å². The lowest BCUT2D eigenvalue weighted by molar-refractivity contribution is 0.0475. The van der Waals surface area contributed by atoms with Crippen LogP contribution in [0.5, 0.6) is 5.75 Å². The van der Waals surface area contributed by atoms with Gasteiger partial charge in [0.2, 0.25) is 0 Å². The molecule has 1 fully saturated rings. The van der Waals surface area contributed by atoms with Crippen molar-refractivity contribution in [3.05, 3.63) is 36.7 Å². The summed E-state index contributed by atoms with van der Waals surface area (Å²) in [7, 11) is 0. The van der Waals surface area contributed by atoms with Crippen molar-refractivity contribution in [1.82, 2.24) is 4.98 Å². The Morgan fingerprint density at radius 1 is 1.24 bits per heavy atom. The highest BCUT2D eigenvalue weighted by atomic mass is 16.7. The monoisotopic (exact) mass is 231 g/mol. The van der Waals surface area contributed by atoms with Crippen LogP contribution in [0.2, 0.25) is 0 Å². The van der Waals surface area contributed by atoms with Gasteiger partial charge in [-0.15, -0.1) is 0 Å². The summed E-state index contributed by atoms with van der Waals surface area (Å²) < 4.78 is 10.4. The second kappa shape index (κ2) is 4.20. The molecule has 3 unspecified atom stereocenters. The van der Waals surface area contributed by atoms with Gasteiger partial charge in [-0.1, -0.05) is 12.2 Å². The molecule has 3 rings (SSSR count). The van der Waals surface area contributed by atoms with E-state index < -0.39 is 6.16 Å². The zero-order valence-corrected chi connectivity index (χ0v) is 9.28. The quantitative estimate of drug-likeness (QED) is 0.579. The molecule has 0 radical (unpaired) electrons. The highest BCUT2D eigenvalue weighted by Gasteiger charge is 2.38. The van der Waals surface area contributed by atoms with Crippen LogP contribution in [0.15, 0.2) is 36.7 Å². The van der Waals surface area contributed by atoms with Crippen LogP contribution in [0.25, 0.3) is 0 Å². The maximum absolute atomic E-state index is 11.6. The molecule has 0 saturated heterocycles. The molecule has 0 N–H and O–H groups in total. The Morgan fingerprint density at radius 3 is 2.71 bits per heavy atom. The summed E-state index contributed by atoms with van der Waals surface area (Å²) >= 11 is 0. The number of rotatable bonds is 2. The lowest BCUT2D eigenvalue weighted by Crippen LogP contribution is -2.24. The minimum atomic E-state index is -0.623. The molecule has 4 heteroatoms. The molecule has 1 aromatic heterocycles. The molecule has 88 valence electrons. The number of ether oxygens (including phenoxy) is 2. The van der Waals surface area contributed by atoms with Crippen LogP contribution in [0, 0.1) is 11.8 Å². The van der Waals surface area contributed by atoms with E-state index in [2.05, 4.69) is 17.1 Å². The van der Waals surface area contributed by atoms with Crippen molar-refractivity contribution in [2.75, 3.05) is 0 Å². The van der Waals surface area contributed by atoms with Gasteiger partial charge < -0.3 is 9.47 Å². The summed E-state index contributed by atoms with van der Waals surface area (Å²) in [6, 6.07) is 3.25. The number of pyridine rings is 1. The molecule has 1 saturated carbocycles. The summed E-state index contributed by atoms with van der Waals surface area (Å²) in [5.41, 5.74) is 0. The van der Waals surface area contributed by atoms with E-state index in [1.807, 2.05) is 0 Å². The smallest absolute Gasteiger partial charge is 0.430 e. The largest absolute Gasteiger partial charge is 0.514 e. The molecule has 0 amide bonds. The van der Waals surface area contributed by atoms with Crippen molar-refractivity contribution in [2.24, 2.45) is 11.8 Å². The third-order valence-corrected chi connectivity index (χ3v) is 3.32. The van der Waals surface area contributed by atoms with E-state index in [9.17, 15) is 4.79 Å². The highest BCUT2D eigenvalue weighted by Crippen LogP contribution is 2.40. The summed E-state index contributed by atoms with van der Waals surface area (Å²) in [4.78, 5) is 15.4. The Hall–Kier alpha value is -1.84. The standard InChI is InChI=1S/C13H13NO3/c15-13(16-11-3-5-14-6-4-11)17-12-8-9-1-2-10(12)7-9/h1-6,9-10,12H,7-8H2. The van der Waals surface area contributed by atoms with Gasteiger partial charge in [0.25, 0.3) is 0 Å². The van der Waals surface area contributed by atoms with Gasteiger partial charge in [0, 0.05) is 18.3 Å². The van der Waals surface area contributed by atoms with E-state index in [1.165, 1.54) is 0 Å². The third kappa shape index (κ3) is 2.16. The minimum absolute atomic E-state index is 0.0145. The predicted octanol–water partition coefficient (Wildman–Crippen LogP) is 2.56. The summed E-state index contributed by atoms with van der Waals surface area (Å²) in [6.45, 7) is 0. The van der Waals surface area contributed by atoms with Gasteiger partial charge in [0.15, 0.2) is 0 Å². The fourth-order valence-corrected chi connectivity index (χ4v) is 2.52. The summed E-state index contributed by atoms with van der Waals surface area (Å²) in [6.07, 6.45) is 8.88. The lowest BCUT2D eigenvalue weighted by atomic mass is 10.1. The SMILES string of the molecule is O=C(Oc1ccncc1)OC1CC2C=CC1C2. The third-order valence-electron chi connectivity index (χ3n) is 3.32. The zero-order chi connectivity index (χ0) is 11.7. The van der Waals surface area contributed by atoms with E-state index in [1.54, 1.807) is 24.5 Å². The van der Waals surface area contributed by atoms with Crippen LogP contribution in [0.3, 0.4) is 0 Å². The van der Waals surface area contributed by atoms with Crippen LogP contribution < -0.4 is 4.74 Å². The first kappa shape index (κ1) is 10.3. The molecule has 3 atom stereocenters. The molecular formula is C13H13NO3. The number of hydrogen-bond acceptors (Lipinski definition) is 4. The van der Waals surface area contributed by atoms with Crippen molar-refractivity contribution < 1.29 is 14.3 Å². The maximum Gasteiger partial charge on any atom is 0.514 e. The van der Waals surface area contributed by atoms with Crippen LogP contribution in [-0.2, 0) is 4.74 Å². The van der Waals surface area contributed by atoms with E-state index >= 15 is 0 Å². The first-order valence-corrected chi connectivity index (χ1v) is 5.78. The number of nitrogens with zero attached hydrogens (tertiary/aromatic N) is 1. The molecule has 0 aliphatic heterocycles. The summed E-state index contributed by atoms with van der Waals surface area (Å²) in [5, 5.41) is 0. The topological polar surface area (TPSA) is 48.4 Å². The molecule has 0 aromatic carbocycles. The first-order valence-electron chi connectivity index (χ1n) is 5.78. The van der Waals surface area contributed by atoms with Crippen LogP contribution in [-0.4, -0.2) is 17.2 Å². The van der Waals surface area contributed by atoms with Gasteiger partial charge in [-0.25, -0.2) is 4.79 Å². The average Bonchev–Trinajstić information content (AvgIpc) is 2.92. The van der Waals surface area contributed by atoms with E-state index in [0.29, 0.717) is 17.6 Å². The van der Waals surface area contributed by atoms with Gasteiger partial charge >= 0.3 is 6.16 Å². The minimum Gasteiger partial charge on any atom is -0.430 e. The normalized spacial score (nSPS) is 29.3. The molecule has 2 aliphatic rings. The van der Waals surface area contributed by atoms with Gasteiger partial charge in [0.05, 0.1) is 0 Å². The lowest BCUT2D eigenvalue weighted by Gasteiger charge is -2.18. The molecule has 17 heavy (non-hydrogen) atoms. The Balaban J connectivity index is 1.56. The molecule has 1 aromatic rings.